The lowest BCUT2D eigenvalue weighted by molar-refractivity contribution is 0.378. The van der Waals surface area contributed by atoms with Gasteiger partial charge in [0.1, 0.15) is 5.92 Å². The molecule has 3 atom stereocenters. The van der Waals surface area contributed by atoms with E-state index in [0.29, 0.717) is 0 Å². The van der Waals surface area contributed by atoms with Crippen LogP contribution in [0.4, 0.5) is 0 Å². The second kappa shape index (κ2) is 6.16. The highest BCUT2D eigenvalue weighted by atomic mass is 32.2. The molecular weight excluding hydrogens is 316 g/mol. The van der Waals surface area contributed by atoms with Crippen molar-refractivity contribution in [3.8, 4) is 18.2 Å². The number of fused-ring (bicyclic) bond motifs is 1. The minimum absolute atomic E-state index is 0.0653. The van der Waals surface area contributed by atoms with Crippen molar-refractivity contribution < 1.29 is 0 Å². The highest BCUT2D eigenvalue weighted by Gasteiger charge is 2.57. The molecule has 1 aromatic carbocycles. The fourth-order valence-corrected chi connectivity index (χ4v) is 4.85. The lowest BCUT2D eigenvalue weighted by Crippen LogP contribution is -2.49. The smallest absolute Gasteiger partial charge is 0.189 e. The summed E-state index contributed by atoms with van der Waals surface area (Å²) >= 11 is 1.74. The second-order valence-electron chi connectivity index (χ2n) is 6.24. The lowest BCUT2D eigenvalue weighted by Gasteiger charge is -2.45. The maximum atomic E-state index is 9.85. The van der Waals surface area contributed by atoms with Crippen LogP contribution < -0.4 is 0 Å². The first-order valence-corrected chi connectivity index (χ1v) is 8.89. The molecule has 3 rings (SSSR count). The summed E-state index contributed by atoms with van der Waals surface area (Å²) in [4.78, 5) is 0. The minimum atomic E-state index is -1.59. The van der Waals surface area contributed by atoms with Gasteiger partial charge in [0.25, 0.3) is 0 Å². The van der Waals surface area contributed by atoms with Gasteiger partial charge in [0.05, 0.1) is 23.9 Å². The first kappa shape index (κ1) is 16.3. The molecular formula is C19H16N4S. The average molecular weight is 332 g/mol. The Morgan fingerprint density at radius 3 is 2.42 bits per heavy atom. The molecule has 1 N–H and O–H groups in total. The number of allylic oxidation sites excluding steroid dienone is 1. The van der Waals surface area contributed by atoms with Crippen molar-refractivity contribution in [1.29, 1.82) is 21.2 Å². The number of nitriles is 3. The summed E-state index contributed by atoms with van der Waals surface area (Å²) in [7, 11) is 0. The van der Waals surface area contributed by atoms with E-state index in [9.17, 15) is 15.8 Å². The summed E-state index contributed by atoms with van der Waals surface area (Å²) in [5.41, 5.74) is 1.24. The van der Waals surface area contributed by atoms with Gasteiger partial charge in [-0.25, -0.2) is 0 Å². The number of hydrogen-bond acceptors (Lipinski definition) is 5. The third-order valence-corrected chi connectivity index (χ3v) is 5.99. The molecule has 0 amide bonds. The van der Waals surface area contributed by atoms with E-state index in [0.717, 1.165) is 28.2 Å². The van der Waals surface area contributed by atoms with E-state index in [4.69, 9.17) is 5.41 Å². The Morgan fingerprint density at radius 1 is 1.17 bits per heavy atom. The summed E-state index contributed by atoms with van der Waals surface area (Å²) in [5, 5.41) is 37.7. The Kier molecular flexibility index (Phi) is 4.18. The Morgan fingerprint density at radius 2 is 1.83 bits per heavy atom. The largest absolute Gasteiger partial charge is 0.305 e. The van der Waals surface area contributed by atoms with Crippen LogP contribution in [0.5, 0.6) is 0 Å². The van der Waals surface area contributed by atoms with Crippen LogP contribution in [0, 0.1) is 63.6 Å². The van der Waals surface area contributed by atoms with Crippen molar-refractivity contribution in [2.45, 2.75) is 12.8 Å². The van der Waals surface area contributed by atoms with Crippen LogP contribution in [0.1, 0.15) is 17.0 Å². The molecule has 118 valence electrons. The minimum Gasteiger partial charge on any atom is -0.305 e. The topological polar surface area (TPSA) is 95.2 Å². The number of rotatable bonds is 1. The van der Waals surface area contributed by atoms with Crippen LogP contribution in [0.15, 0.2) is 35.9 Å². The van der Waals surface area contributed by atoms with E-state index < -0.39 is 17.3 Å². The maximum Gasteiger partial charge on any atom is 0.189 e. The van der Waals surface area contributed by atoms with E-state index >= 15 is 0 Å². The van der Waals surface area contributed by atoms with Crippen LogP contribution in [0.25, 0.3) is 0 Å². The summed E-state index contributed by atoms with van der Waals surface area (Å²) < 4.78 is 0. The predicted octanol–water partition coefficient (Wildman–Crippen LogP) is 3.57. The molecule has 0 saturated heterocycles. The molecule has 1 aliphatic carbocycles. The first-order chi connectivity index (χ1) is 11.6. The Balaban J connectivity index is 2.24. The van der Waals surface area contributed by atoms with Crippen molar-refractivity contribution in [1.82, 2.24) is 0 Å². The zero-order valence-corrected chi connectivity index (χ0v) is 14.1. The van der Waals surface area contributed by atoms with Gasteiger partial charge in [0.2, 0.25) is 0 Å². The van der Waals surface area contributed by atoms with Crippen molar-refractivity contribution in [3.63, 3.8) is 0 Å². The Bertz CT molecular complexity index is 818. The number of aryl methyl sites for hydroxylation is 1. The Hall–Kier alpha value is -2.55. The van der Waals surface area contributed by atoms with Gasteiger partial charge in [0, 0.05) is 23.3 Å². The van der Waals surface area contributed by atoms with Gasteiger partial charge in [0.15, 0.2) is 5.41 Å². The standard InChI is InChI=1S/C19H16N4S/c1-12-2-4-13(5-3-12)17-16-9-24-7-6-14(16)15(8-20)18(23)19(17,10-21)11-22/h2-6,15-17,23H,7,9H2,1H3/t15-,16-,17-/m0/s1. The monoisotopic (exact) mass is 332 g/mol. The van der Waals surface area contributed by atoms with E-state index in [-0.39, 0.29) is 11.6 Å². The third kappa shape index (κ3) is 2.23. The molecule has 4 nitrogen and oxygen atoms in total. The highest BCUT2D eigenvalue weighted by molar-refractivity contribution is 7.99. The Labute approximate surface area is 145 Å². The van der Waals surface area contributed by atoms with E-state index in [2.05, 4.69) is 18.2 Å². The van der Waals surface area contributed by atoms with E-state index in [1.165, 1.54) is 0 Å². The predicted molar refractivity (Wildman–Crippen MR) is 93.3 cm³/mol. The summed E-state index contributed by atoms with van der Waals surface area (Å²) in [6.07, 6.45) is 2.01. The van der Waals surface area contributed by atoms with Crippen LogP contribution in [-0.2, 0) is 0 Å². The summed E-state index contributed by atoms with van der Waals surface area (Å²) in [6, 6.07) is 14.2. The fourth-order valence-electron chi connectivity index (χ4n) is 3.76. The van der Waals surface area contributed by atoms with Gasteiger partial charge < -0.3 is 5.41 Å². The second-order valence-corrected chi connectivity index (χ2v) is 7.32. The summed E-state index contributed by atoms with van der Waals surface area (Å²) in [5.74, 6) is 0.330. The molecule has 0 bridgehead atoms. The molecule has 2 aliphatic rings. The van der Waals surface area contributed by atoms with Gasteiger partial charge in [-0.1, -0.05) is 35.9 Å². The molecule has 1 aromatic rings. The molecule has 0 aromatic heterocycles. The average Bonchev–Trinajstić information content (AvgIpc) is 2.62. The maximum absolute atomic E-state index is 9.85. The lowest BCUT2D eigenvalue weighted by atomic mass is 9.55. The van der Waals surface area contributed by atoms with E-state index in [1.54, 1.807) is 11.8 Å². The van der Waals surface area contributed by atoms with Gasteiger partial charge in [-0.2, -0.15) is 27.5 Å². The zero-order valence-electron chi connectivity index (χ0n) is 13.3. The van der Waals surface area contributed by atoms with Crippen molar-refractivity contribution in [3.05, 3.63) is 47.0 Å². The normalized spacial score (nSPS) is 27.8. The van der Waals surface area contributed by atoms with Crippen LogP contribution in [0.2, 0.25) is 0 Å². The van der Waals surface area contributed by atoms with Gasteiger partial charge >= 0.3 is 0 Å². The fraction of sp³-hybridized carbons (Fsp3) is 0.368. The van der Waals surface area contributed by atoms with Gasteiger partial charge in [-0.15, -0.1) is 0 Å². The third-order valence-electron chi connectivity index (χ3n) is 5.00. The molecule has 0 unspecified atom stereocenters. The molecule has 1 aliphatic heterocycles. The van der Waals surface area contributed by atoms with Crippen molar-refractivity contribution in [2.24, 2.45) is 17.3 Å². The number of thioether (sulfide) groups is 1. The van der Waals surface area contributed by atoms with Crippen LogP contribution >= 0.6 is 11.8 Å². The van der Waals surface area contributed by atoms with E-state index in [1.807, 2.05) is 37.3 Å². The molecule has 1 heterocycles. The number of nitrogens with zero attached hydrogens (tertiary/aromatic N) is 3. The highest BCUT2D eigenvalue weighted by Crippen LogP contribution is 2.54. The van der Waals surface area contributed by atoms with Gasteiger partial charge in [-0.05, 0) is 18.1 Å². The number of benzene rings is 1. The molecule has 1 fully saturated rings. The summed E-state index contributed by atoms with van der Waals surface area (Å²) in [6.45, 7) is 1.99. The van der Waals surface area contributed by atoms with Gasteiger partial charge in [-0.3, -0.25) is 0 Å². The number of nitrogens with one attached hydrogen (secondary N) is 1. The first-order valence-electron chi connectivity index (χ1n) is 7.74. The molecule has 0 spiro atoms. The van der Waals surface area contributed by atoms with Crippen LogP contribution in [0.3, 0.4) is 0 Å². The molecule has 0 radical (unpaired) electrons. The SMILES string of the molecule is Cc1ccc([C@H]2[C@H]3CSCC=C3[C@H](C#N)C(=N)C2(C#N)C#N)cc1. The molecule has 24 heavy (non-hydrogen) atoms. The molecule has 1 saturated carbocycles. The van der Waals surface area contributed by atoms with Crippen molar-refractivity contribution >= 4 is 17.5 Å². The zero-order chi connectivity index (χ0) is 17.3. The molecule has 5 heteroatoms. The number of hydrogen-bond donors (Lipinski definition) is 1. The van der Waals surface area contributed by atoms with Crippen molar-refractivity contribution in [2.75, 3.05) is 11.5 Å². The van der Waals surface area contributed by atoms with Crippen LogP contribution in [-0.4, -0.2) is 17.2 Å². The quantitative estimate of drug-likeness (QED) is 0.795.